The molecule has 6 rings (SSSR count). The third kappa shape index (κ3) is 4.21. The zero-order valence-corrected chi connectivity index (χ0v) is 20.0. The summed E-state index contributed by atoms with van der Waals surface area (Å²) in [4.78, 5) is 28.6. The number of hydrogen-bond donors (Lipinski definition) is 2. The summed E-state index contributed by atoms with van der Waals surface area (Å²) in [6.45, 7) is 4.88. The first kappa shape index (κ1) is 21.9. The van der Waals surface area contributed by atoms with Crippen molar-refractivity contribution in [1.82, 2.24) is 24.7 Å². The fourth-order valence-corrected chi connectivity index (χ4v) is 5.17. The smallest absolute Gasteiger partial charge is 0.247 e. The molecule has 0 unspecified atom stereocenters. The number of aromatic nitrogens is 5. The molecule has 1 atom stereocenters. The minimum atomic E-state index is -0.580. The lowest BCUT2D eigenvalue weighted by Gasteiger charge is -2.25. The zero-order chi connectivity index (χ0) is 24.2. The maximum absolute atomic E-state index is 13.2. The summed E-state index contributed by atoms with van der Waals surface area (Å²) in [6.07, 6.45) is 9.24. The van der Waals surface area contributed by atoms with Crippen LogP contribution in [0.5, 0.6) is 0 Å². The SMILES string of the molecule is CC(C)n1ccc(Nc2nc(N3CCC[C@@H]3C(=O)Nc3ccc(F)nc3)nc3c2CC2(CC2)C3)n1. The van der Waals surface area contributed by atoms with Crippen LogP contribution in [0.3, 0.4) is 0 Å². The fourth-order valence-electron chi connectivity index (χ4n) is 5.17. The molecular formula is C25H29FN8O. The average molecular weight is 477 g/mol. The highest BCUT2D eigenvalue weighted by molar-refractivity contribution is 5.96. The molecule has 182 valence electrons. The van der Waals surface area contributed by atoms with Crippen LogP contribution in [0.15, 0.2) is 30.6 Å². The van der Waals surface area contributed by atoms with E-state index in [9.17, 15) is 9.18 Å². The Morgan fingerprint density at radius 3 is 2.77 bits per heavy atom. The molecule has 3 aromatic heterocycles. The van der Waals surface area contributed by atoms with Gasteiger partial charge in [0.1, 0.15) is 11.9 Å². The maximum Gasteiger partial charge on any atom is 0.247 e. The second-order valence-corrected chi connectivity index (χ2v) is 10.3. The van der Waals surface area contributed by atoms with Crippen molar-refractivity contribution in [3.8, 4) is 0 Å². The van der Waals surface area contributed by atoms with Crippen molar-refractivity contribution in [1.29, 1.82) is 0 Å². The van der Waals surface area contributed by atoms with Crippen molar-refractivity contribution in [3.63, 3.8) is 0 Å². The van der Waals surface area contributed by atoms with Gasteiger partial charge in [-0.3, -0.25) is 9.48 Å². The lowest BCUT2D eigenvalue weighted by molar-refractivity contribution is -0.117. The second-order valence-electron chi connectivity index (χ2n) is 10.3. The average Bonchev–Trinajstić information content (AvgIpc) is 3.21. The molecule has 2 fully saturated rings. The van der Waals surface area contributed by atoms with Crippen LogP contribution < -0.4 is 15.5 Å². The van der Waals surface area contributed by atoms with Gasteiger partial charge in [-0.25, -0.2) is 9.97 Å². The van der Waals surface area contributed by atoms with Gasteiger partial charge in [0.25, 0.3) is 0 Å². The number of carbonyl (C=O) groups excluding carboxylic acids is 1. The van der Waals surface area contributed by atoms with Crippen LogP contribution in [0.2, 0.25) is 0 Å². The topological polar surface area (TPSA) is 101 Å². The van der Waals surface area contributed by atoms with E-state index in [2.05, 4.69) is 34.6 Å². The van der Waals surface area contributed by atoms with E-state index in [4.69, 9.17) is 9.97 Å². The number of fused-ring (bicyclic) bond motifs is 1. The molecule has 2 N–H and O–H groups in total. The number of carbonyl (C=O) groups is 1. The van der Waals surface area contributed by atoms with Crippen LogP contribution in [-0.2, 0) is 17.6 Å². The van der Waals surface area contributed by atoms with Crippen LogP contribution in [-0.4, -0.2) is 43.2 Å². The molecule has 9 nitrogen and oxygen atoms in total. The van der Waals surface area contributed by atoms with Crippen molar-refractivity contribution in [2.75, 3.05) is 22.1 Å². The predicted molar refractivity (Wildman–Crippen MR) is 130 cm³/mol. The van der Waals surface area contributed by atoms with E-state index in [0.29, 0.717) is 30.0 Å². The minimum absolute atomic E-state index is 0.163. The Kier molecular flexibility index (Phi) is 5.19. The Morgan fingerprint density at radius 1 is 1.20 bits per heavy atom. The number of hydrogen-bond acceptors (Lipinski definition) is 7. The van der Waals surface area contributed by atoms with Crippen LogP contribution in [0.1, 0.15) is 56.8 Å². The van der Waals surface area contributed by atoms with Gasteiger partial charge in [-0.1, -0.05) is 0 Å². The van der Waals surface area contributed by atoms with E-state index in [1.807, 2.05) is 21.8 Å². The third-order valence-electron chi connectivity index (χ3n) is 7.32. The number of nitrogens with one attached hydrogen (secondary N) is 2. The molecule has 1 spiro atoms. The van der Waals surface area contributed by atoms with Gasteiger partial charge < -0.3 is 15.5 Å². The van der Waals surface area contributed by atoms with Crippen molar-refractivity contribution >= 4 is 29.2 Å². The van der Waals surface area contributed by atoms with Gasteiger partial charge in [-0.15, -0.1) is 0 Å². The molecule has 2 aliphatic carbocycles. The van der Waals surface area contributed by atoms with E-state index < -0.39 is 12.0 Å². The summed E-state index contributed by atoms with van der Waals surface area (Å²) in [7, 11) is 0. The molecule has 1 saturated heterocycles. The highest BCUT2D eigenvalue weighted by atomic mass is 19.1. The first-order valence-electron chi connectivity index (χ1n) is 12.3. The van der Waals surface area contributed by atoms with E-state index in [0.717, 1.165) is 36.6 Å². The van der Waals surface area contributed by atoms with Crippen LogP contribution in [0.25, 0.3) is 0 Å². The molecule has 10 heteroatoms. The van der Waals surface area contributed by atoms with Crippen molar-refractivity contribution in [3.05, 3.63) is 47.8 Å². The molecule has 3 aromatic rings. The standard InChI is InChI=1S/C25H29FN8O/c1-15(2)34-11-7-21(32-34)30-22-17-12-25(8-9-25)13-18(17)29-24(31-22)33-10-3-4-19(33)23(35)28-16-5-6-20(26)27-14-16/h5-7,11,14-15,19H,3-4,8-10,12-13H2,1-2H3,(H,28,35)(H,29,30,31,32)/t19-/m1/s1. The van der Waals surface area contributed by atoms with Crippen LogP contribution in [0, 0.1) is 11.4 Å². The van der Waals surface area contributed by atoms with Gasteiger partial charge in [-0.2, -0.15) is 14.5 Å². The first-order valence-corrected chi connectivity index (χ1v) is 12.3. The van der Waals surface area contributed by atoms with Gasteiger partial charge in [-0.05, 0) is 69.9 Å². The van der Waals surface area contributed by atoms with E-state index in [-0.39, 0.29) is 11.9 Å². The van der Waals surface area contributed by atoms with Gasteiger partial charge in [0.05, 0.1) is 17.6 Å². The summed E-state index contributed by atoms with van der Waals surface area (Å²) < 4.78 is 15.1. The largest absolute Gasteiger partial charge is 0.329 e. The molecule has 1 aliphatic heterocycles. The Morgan fingerprint density at radius 2 is 2.06 bits per heavy atom. The summed E-state index contributed by atoms with van der Waals surface area (Å²) in [5.41, 5.74) is 3.05. The van der Waals surface area contributed by atoms with Crippen molar-refractivity contribution < 1.29 is 9.18 Å². The maximum atomic E-state index is 13.2. The Bertz CT molecular complexity index is 1270. The Labute approximate surface area is 203 Å². The molecule has 1 amide bonds. The third-order valence-corrected chi connectivity index (χ3v) is 7.32. The number of amides is 1. The zero-order valence-electron chi connectivity index (χ0n) is 20.0. The van der Waals surface area contributed by atoms with Crippen LogP contribution >= 0.6 is 0 Å². The quantitative estimate of drug-likeness (QED) is 0.518. The summed E-state index contributed by atoms with van der Waals surface area (Å²) in [6, 6.07) is 4.57. The molecule has 4 heterocycles. The Hall–Kier alpha value is -3.56. The van der Waals surface area contributed by atoms with Gasteiger partial charge in [0.2, 0.25) is 17.8 Å². The van der Waals surface area contributed by atoms with Gasteiger partial charge >= 0.3 is 0 Å². The van der Waals surface area contributed by atoms with E-state index >= 15 is 0 Å². The highest BCUT2D eigenvalue weighted by Gasteiger charge is 2.49. The molecule has 1 saturated carbocycles. The van der Waals surface area contributed by atoms with Crippen molar-refractivity contribution in [2.45, 2.75) is 64.5 Å². The Balaban J connectivity index is 1.29. The highest BCUT2D eigenvalue weighted by Crippen LogP contribution is 2.56. The van der Waals surface area contributed by atoms with Gasteiger partial charge in [0.15, 0.2) is 5.82 Å². The minimum Gasteiger partial charge on any atom is -0.329 e. The fraction of sp³-hybridized carbons (Fsp3) is 0.480. The lowest BCUT2D eigenvalue weighted by Crippen LogP contribution is -2.40. The second kappa shape index (κ2) is 8.28. The number of pyridine rings is 1. The van der Waals surface area contributed by atoms with Crippen molar-refractivity contribution in [2.24, 2.45) is 5.41 Å². The molecule has 0 radical (unpaired) electrons. The molecule has 0 bridgehead atoms. The van der Waals surface area contributed by atoms with Crippen LogP contribution in [0.4, 0.5) is 27.7 Å². The molecule has 3 aliphatic rings. The first-order chi connectivity index (χ1) is 16.9. The monoisotopic (exact) mass is 476 g/mol. The number of halogens is 1. The van der Waals surface area contributed by atoms with E-state index in [1.165, 1.54) is 36.7 Å². The number of nitrogens with zero attached hydrogens (tertiary/aromatic N) is 6. The van der Waals surface area contributed by atoms with E-state index in [1.54, 1.807) is 0 Å². The summed E-state index contributed by atoms with van der Waals surface area (Å²) >= 11 is 0. The normalized spacial score (nSPS) is 19.9. The lowest BCUT2D eigenvalue weighted by atomic mass is 10.0. The predicted octanol–water partition coefficient (Wildman–Crippen LogP) is 4.02. The molecule has 0 aromatic carbocycles. The summed E-state index contributed by atoms with van der Waals surface area (Å²) in [5.74, 6) is 1.37. The van der Waals surface area contributed by atoms with Gasteiger partial charge in [0, 0.05) is 30.4 Å². The summed E-state index contributed by atoms with van der Waals surface area (Å²) in [5, 5.41) is 10.9. The number of rotatable bonds is 6. The molecule has 35 heavy (non-hydrogen) atoms. The molecular weight excluding hydrogens is 447 g/mol. The number of anilines is 4.